The zero-order valence-corrected chi connectivity index (χ0v) is 19.4. The zero-order chi connectivity index (χ0) is 24.1. The van der Waals surface area contributed by atoms with Crippen LogP contribution in [0.5, 0.6) is 11.5 Å². The molecular formula is C25H25F3N2O3S. The van der Waals surface area contributed by atoms with E-state index in [4.69, 9.17) is 4.74 Å². The average molecular weight is 491 g/mol. The van der Waals surface area contributed by atoms with Gasteiger partial charge in [-0.3, -0.25) is 4.90 Å². The quantitative estimate of drug-likeness (QED) is 0.475. The average Bonchev–Trinajstić information content (AvgIpc) is 3.25. The van der Waals surface area contributed by atoms with E-state index in [1.54, 1.807) is 7.11 Å². The highest BCUT2D eigenvalue weighted by molar-refractivity contribution is 7.83. The first-order valence-corrected chi connectivity index (χ1v) is 11.9. The maximum atomic E-state index is 12.6. The molecule has 1 aliphatic rings. The molecule has 5 nitrogen and oxygen atoms in total. The van der Waals surface area contributed by atoms with Gasteiger partial charge in [-0.25, -0.2) is 8.93 Å². The number of methoxy groups -OCH3 is 1. The van der Waals surface area contributed by atoms with Gasteiger partial charge in [0.1, 0.15) is 22.5 Å². The van der Waals surface area contributed by atoms with Gasteiger partial charge in [0.25, 0.3) is 0 Å². The summed E-state index contributed by atoms with van der Waals surface area (Å²) in [5.41, 5.74) is 3.28. The molecule has 2 unspecified atom stereocenters. The number of likely N-dealkylation sites (tertiary alicyclic amines) is 1. The van der Waals surface area contributed by atoms with Gasteiger partial charge in [-0.1, -0.05) is 48.5 Å². The molecule has 180 valence electrons. The molecule has 0 saturated carbocycles. The molecule has 1 heterocycles. The first kappa shape index (κ1) is 24.3. The first-order chi connectivity index (χ1) is 16.3. The second-order valence-electron chi connectivity index (χ2n) is 8.03. The van der Waals surface area contributed by atoms with Crippen molar-refractivity contribution in [3.63, 3.8) is 0 Å². The highest BCUT2D eigenvalue weighted by Gasteiger charge is 2.31. The number of rotatable bonds is 8. The van der Waals surface area contributed by atoms with Crippen LogP contribution in [0, 0.1) is 0 Å². The number of hydrogen-bond donors (Lipinski definition) is 1. The van der Waals surface area contributed by atoms with E-state index in [2.05, 4.69) is 38.6 Å². The molecule has 1 saturated heterocycles. The Morgan fingerprint density at radius 2 is 1.82 bits per heavy atom. The Kier molecular flexibility index (Phi) is 7.55. The van der Waals surface area contributed by atoms with E-state index in [1.165, 1.54) is 18.2 Å². The molecule has 34 heavy (non-hydrogen) atoms. The molecule has 0 bridgehead atoms. The van der Waals surface area contributed by atoms with E-state index < -0.39 is 17.3 Å². The number of nitrogens with zero attached hydrogens (tertiary/aromatic N) is 1. The lowest BCUT2D eigenvalue weighted by Gasteiger charge is -2.17. The number of ether oxygens (including phenoxy) is 2. The zero-order valence-electron chi connectivity index (χ0n) is 18.5. The van der Waals surface area contributed by atoms with Crippen molar-refractivity contribution in [1.29, 1.82) is 0 Å². The molecule has 0 spiro atoms. The Morgan fingerprint density at radius 3 is 2.56 bits per heavy atom. The minimum absolute atomic E-state index is 0.0270. The fourth-order valence-corrected chi connectivity index (χ4v) is 5.07. The smallest absolute Gasteiger partial charge is 0.496 e. The molecule has 0 aromatic heterocycles. The van der Waals surface area contributed by atoms with E-state index in [0.717, 1.165) is 48.0 Å². The largest absolute Gasteiger partial charge is 0.573 e. The molecule has 1 aliphatic heterocycles. The van der Waals surface area contributed by atoms with Crippen LogP contribution in [0.25, 0.3) is 11.1 Å². The third-order valence-electron chi connectivity index (χ3n) is 5.58. The molecule has 3 aromatic rings. The first-order valence-electron chi connectivity index (χ1n) is 10.8. The molecule has 1 N–H and O–H groups in total. The number of halogens is 3. The van der Waals surface area contributed by atoms with E-state index in [-0.39, 0.29) is 16.7 Å². The van der Waals surface area contributed by atoms with E-state index in [1.807, 2.05) is 24.3 Å². The van der Waals surface area contributed by atoms with Gasteiger partial charge in [0.2, 0.25) is 0 Å². The summed E-state index contributed by atoms with van der Waals surface area (Å²) >= 11 is 0. The van der Waals surface area contributed by atoms with Crippen LogP contribution in [-0.2, 0) is 17.5 Å². The van der Waals surface area contributed by atoms with Crippen molar-refractivity contribution in [2.45, 2.75) is 30.3 Å². The van der Waals surface area contributed by atoms with Crippen molar-refractivity contribution in [3.8, 4) is 22.6 Å². The molecule has 4 rings (SSSR count). The van der Waals surface area contributed by atoms with Crippen molar-refractivity contribution in [3.05, 3.63) is 78.4 Å². The van der Waals surface area contributed by atoms with Crippen molar-refractivity contribution in [2.24, 2.45) is 0 Å². The molecule has 0 amide bonds. The Labute approximate surface area is 199 Å². The highest BCUT2D eigenvalue weighted by atomic mass is 32.2. The minimum Gasteiger partial charge on any atom is -0.496 e. The van der Waals surface area contributed by atoms with Crippen LogP contribution >= 0.6 is 0 Å². The van der Waals surface area contributed by atoms with Gasteiger partial charge >= 0.3 is 6.36 Å². The standard InChI is InChI=1S/C25H25F3N2O3S/c1-32-24-8-3-2-7-23(24)19-11-9-18(10-12-19)16-30-14-13-20(17-30)29-34(31)22-6-4-5-21(15-22)33-25(26,27)28/h2-12,15,20,29H,13-14,16-17H2,1H3. The highest BCUT2D eigenvalue weighted by Crippen LogP contribution is 2.30. The third kappa shape index (κ3) is 6.37. The Balaban J connectivity index is 1.32. The van der Waals surface area contributed by atoms with Gasteiger partial charge in [0.15, 0.2) is 0 Å². The van der Waals surface area contributed by atoms with Crippen LogP contribution in [0.15, 0.2) is 77.7 Å². The summed E-state index contributed by atoms with van der Waals surface area (Å²) in [6, 6.07) is 21.4. The summed E-state index contributed by atoms with van der Waals surface area (Å²) in [4.78, 5) is 2.50. The predicted molar refractivity (Wildman–Crippen MR) is 125 cm³/mol. The second-order valence-corrected chi connectivity index (χ2v) is 9.27. The topological polar surface area (TPSA) is 50.8 Å². The van der Waals surface area contributed by atoms with Crippen molar-refractivity contribution < 1.29 is 26.9 Å². The van der Waals surface area contributed by atoms with Gasteiger partial charge in [0, 0.05) is 31.2 Å². The summed E-state index contributed by atoms with van der Waals surface area (Å²) in [5.74, 6) is 0.442. The fourth-order valence-electron chi connectivity index (χ4n) is 4.01. The van der Waals surface area contributed by atoms with Crippen LogP contribution in [0.3, 0.4) is 0 Å². The van der Waals surface area contributed by atoms with E-state index >= 15 is 0 Å². The number of alkyl halides is 3. The summed E-state index contributed by atoms with van der Waals surface area (Å²) in [6.45, 7) is 2.28. The predicted octanol–water partition coefficient (Wildman–Crippen LogP) is 5.15. The van der Waals surface area contributed by atoms with E-state index in [9.17, 15) is 17.4 Å². The summed E-state index contributed by atoms with van der Waals surface area (Å²) in [5, 5.41) is 0. The Bertz CT molecular complexity index is 1140. The second kappa shape index (κ2) is 10.6. The number of hydrogen-bond acceptors (Lipinski definition) is 4. The van der Waals surface area contributed by atoms with Crippen molar-refractivity contribution >= 4 is 11.0 Å². The minimum atomic E-state index is -4.79. The maximum Gasteiger partial charge on any atom is 0.573 e. The fraction of sp³-hybridized carbons (Fsp3) is 0.280. The number of benzene rings is 3. The van der Waals surface area contributed by atoms with Crippen LogP contribution < -0.4 is 14.2 Å². The van der Waals surface area contributed by atoms with Crippen LogP contribution in [0.1, 0.15) is 12.0 Å². The van der Waals surface area contributed by atoms with E-state index in [0.29, 0.717) is 6.54 Å². The SMILES string of the molecule is COc1ccccc1-c1ccc(CN2CCC(NS(=O)c3cccc(OC(F)(F)F)c3)C2)cc1. The van der Waals surface area contributed by atoms with Gasteiger partial charge < -0.3 is 9.47 Å². The number of nitrogens with one attached hydrogen (secondary N) is 1. The third-order valence-corrected chi connectivity index (χ3v) is 6.81. The van der Waals surface area contributed by atoms with Crippen molar-refractivity contribution in [2.75, 3.05) is 20.2 Å². The monoisotopic (exact) mass is 490 g/mol. The molecule has 2 atom stereocenters. The Hall–Kier alpha value is -2.88. The van der Waals surface area contributed by atoms with Gasteiger partial charge in [-0.2, -0.15) is 0 Å². The summed E-state index contributed by atoms with van der Waals surface area (Å²) < 4.78 is 62.4. The lowest BCUT2D eigenvalue weighted by Crippen LogP contribution is -2.33. The molecule has 3 aromatic carbocycles. The van der Waals surface area contributed by atoms with Crippen LogP contribution in [-0.4, -0.2) is 41.7 Å². The lowest BCUT2D eigenvalue weighted by molar-refractivity contribution is -0.274. The molecule has 0 radical (unpaired) electrons. The Morgan fingerprint density at radius 1 is 1.06 bits per heavy atom. The van der Waals surface area contributed by atoms with Gasteiger partial charge in [0.05, 0.1) is 12.0 Å². The van der Waals surface area contributed by atoms with Crippen molar-refractivity contribution in [1.82, 2.24) is 9.62 Å². The maximum absolute atomic E-state index is 12.6. The van der Waals surface area contributed by atoms with Crippen LogP contribution in [0.2, 0.25) is 0 Å². The normalized spacial score (nSPS) is 17.5. The summed E-state index contributed by atoms with van der Waals surface area (Å²) in [6.07, 6.45) is -3.99. The van der Waals surface area contributed by atoms with Gasteiger partial charge in [-0.15, -0.1) is 13.2 Å². The molecular weight excluding hydrogens is 465 g/mol. The number of para-hydroxylation sites is 1. The lowest BCUT2D eigenvalue weighted by atomic mass is 10.0. The molecule has 0 aliphatic carbocycles. The van der Waals surface area contributed by atoms with Crippen LogP contribution in [0.4, 0.5) is 13.2 Å². The summed E-state index contributed by atoms with van der Waals surface area (Å²) in [7, 11) is 0.0210. The molecule has 1 fully saturated rings. The van der Waals surface area contributed by atoms with Gasteiger partial charge in [-0.05, 0) is 41.8 Å². The molecule has 9 heteroatoms.